The maximum Gasteiger partial charge on any atom is 0.156 e. The van der Waals surface area contributed by atoms with Crippen LogP contribution in [0.25, 0.3) is 22.3 Å². The molecule has 0 spiro atoms. The van der Waals surface area contributed by atoms with Crippen molar-refractivity contribution in [1.29, 1.82) is 0 Å². The zero-order valence-corrected chi connectivity index (χ0v) is 12.7. The van der Waals surface area contributed by atoms with Crippen LogP contribution in [-0.4, -0.2) is 14.7 Å². The van der Waals surface area contributed by atoms with Gasteiger partial charge in [-0.15, -0.1) is 0 Å². The van der Waals surface area contributed by atoms with Gasteiger partial charge in [0.25, 0.3) is 0 Å². The summed E-state index contributed by atoms with van der Waals surface area (Å²) in [5.41, 5.74) is 5.00. The molecule has 5 heteroatoms. The minimum Gasteiger partial charge on any atom is -0.378 e. The predicted octanol–water partition coefficient (Wildman–Crippen LogP) is 3.84. The highest BCUT2D eigenvalue weighted by Gasteiger charge is 2.07. The van der Waals surface area contributed by atoms with E-state index in [1.165, 1.54) is 0 Å². The molecular formula is C18H16N4O. The Morgan fingerprint density at radius 1 is 1.09 bits per heavy atom. The van der Waals surface area contributed by atoms with E-state index in [4.69, 9.17) is 4.52 Å². The number of nitrogens with zero attached hydrogens (tertiary/aromatic N) is 3. The maximum atomic E-state index is 5.40. The lowest BCUT2D eigenvalue weighted by molar-refractivity contribution is 0.390. The van der Waals surface area contributed by atoms with Gasteiger partial charge in [0, 0.05) is 24.4 Å². The van der Waals surface area contributed by atoms with Crippen LogP contribution in [0.2, 0.25) is 0 Å². The Morgan fingerprint density at radius 2 is 1.96 bits per heavy atom. The van der Waals surface area contributed by atoms with E-state index in [1.54, 1.807) is 0 Å². The van der Waals surface area contributed by atoms with Crippen LogP contribution in [-0.2, 0) is 13.6 Å². The van der Waals surface area contributed by atoms with Crippen LogP contribution in [0.4, 0.5) is 5.69 Å². The molecule has 1 N–H and O–H groups in total. The highest BCUT2D eigenvalue weighted by molar-refractivity contribution is 5.79. The SMILES string of the molecule is Cn1cnc2cc(NCc3cc(-c4ccccc4)no3)ccc21. The van der Waals surface area contributed by atoms with Crippen molar-refractivity contribution >= 4 is 16.7 Å². The van der Waals surface area contributed by atoms with Gasteiger partial charge in [-0.2, -0.15) is 0 Å². The number of anilines is 1. The predicted molar refractivity (Wildman–Crippen MR) is 90.0 cm³/mol. The lowest BCUT2D eigenvalue weighted by Gasteiger charge is -2.03. The fraction of sp³-hybridized carbons (Fsp3) is 0.111. The van der Waals surface area contributed by atoms with Gasteiger partial charge in [0.1, 0.15) is 5.69 Å². The second-order valence-corrected chi connectivity index (χ2v) is 5.46. The van der Waals surface area contributed by atoms with Crippen molar-refractivity contribution in [2.75, 3.05) is 5.32 Å². The van der Waals surface area contributed by atoms with Gasteiger partial charge in [0.15, 0.2) is 5.76 Å². The van der Waals surface area contributed by atoms with Crippen LogP contribution in [0.5, 0.6) is 0 Å². The summed E-state index contributed by atoms with van der Waals surface area (Å²) in [6, 6.07) is 18.1. The summed E-state index contributed by atoms with van der Waals surface area (Å²) in [7, 11) is 1.99. The Labute approximate surface area is 133 Å². The minimum absolute atomic E-state index is 0.582. The van der Waals surface area contributed by atoms with Crippen molar-refractivity contribution < 1.29 is 4.52 Å². The smallest absolute Gasteiger partial charge is 0.156 e. The summed E-state index contributed by atoms with van der Waals surface area (Å²) in [4.78, 5) is 4.36. The first-order chi connectivity index (χ1) is 11.3. The van der Waals surface area contributed by atoms with Crippen molar-refractivity contribution in [2.45, 2.75) is 6.54 Å². The number of aryl methyl sites for hydroxylation is 1. The highest BCUT2D eigenvalue weighted by Crippen LogP contribution is 2.21. The zero-order chi connectivity index (χ0) is 15.6. The van der Waals surface area contributed by atoms with E-state index in [-0.39, 0.29) is 0 Å². The molecule has 2 aromatic carbocycles. The number of fused-ring (bicyclic) bond motifs is 1. The lowest BCUT2D eigenvalue weighted by atomic mass is 10.1. The third-order valence-corrected chi connectivity index (χ3v) is 3.82. The molecule has 114 valence electrons. The van der Waals surface area contributed by atoms with E-state index in [9.17, 15) is 0 Å². The molecular weight excluding hydrogens is 288 g/mol. The third kappa shape index (κ3) is 2.68. The Kier molecular flexibility index (Phi) is 3.31. The van der Waals surface area contributed by atoms with Crippen molar-refractivity contribution in [3.63, 3.8) is 0 Å². The molecule has 0 aliphatic heterocycles. The van der Waals surface area contributed by atoms with Gasteiger partial charge in [0.2, 0.25) is 0 Å². The molecule has 2 heterocycles. The Morgan fingerprint density at radius 3 is 2.83 bits per heavy atom. The van der Waals surface area contributed by atoms with Crippen molar-refractivity contribution in [1.82, 2.24) is 14.7 Å². The highest BCUT2D eigenvalue weighted by atomic mass is 16.5. The van der Waals surface area contributed by atoms with Gasteiger partial charge in [-0.25, -0.2) is 4.98 Å². The fourth-order valence-electron chi connectivity index (χ4n) is 2.58. The van der Waals surface area contributed by atoms with Crippen LogP contribution < -0.4 is 5.32 Å². The summed E-state index contributed by atoms with van der Waals surface area (Å²) >= 11 is 0. The molecule has 0 saturated heterocycles. The van der Waals surface area contributed by atoms with Gasteiger partial charge in [-0.3, -0.25) is 0 Å². The van der Waals surface area contributed by atoms with Crippen LogP contribution in [0.15, 0.2) is 65.4 Å². The van der Waals surface area contributed by atoms with Crippen molar-refractivity contribution in [2.24, 2.45) is 7.05 Å². The molecule has 2 aromatic heterocycles. The number of nitrogens with one attached hydrogen (secondary N) is 1. The maximum absolute atomic E-state index is 5.40. The topological polar surface area (TPSA) is 55.9 Å². The summed E-state index contributed by atoms with van der Waals surface area (Å²) in [6.45, 7) is 0.582. The van der Waals surface area contributed by atoms with E-state index >= 15 is 0 Å². The molecule has 5 nitrogen and oxygen atoms in total. The fourth-order valence-corrected chi connectivity index (χ4v) is 2.58. The van der Waals surface area contributed by atoms with Crippen LogP contribution in [0, 0.1) is 0 Å². The van der Waals surface area contributed by atoms with E-state index in [2.05, 4.69) is 21.5 Å². The third-order valence-electron chi connectivity index (χ3n) is 3.82. The molecule has 4 rings (SSSR count). The summed E-state index contributed by atoms with van der Waals surface area (Å²) < 4.78 is 7.40. The van der Waals surface area contributed by atoms with Crippen molar-refractivity contribution in [3.8, 4) is 11.3 Å². The molecule has 0 saturated carbocycles. The number of hydrogen-bond donors (Lipinski definition) is 1. The summed E-state index contributed by atoms with van der Waals surface area (Å²) in [5.74, 6) is 0.796. The molecule has 0 amide bonds. The summed E-state index contributed by atoms with van der Waals surface area (Å²) in [5, 5.41) is 7.47. The molecule has 4 aromatic rings. The first kappa shape index (κ1) is 13.6. The number of benzene rings is 2. The number of aromatic nitrogens is 3. The molecule has 0 atom stereocenters. The standard InChI is InChI=1S/C18H16N4O/c1-22-12-20-17-9-14(7-8-18(17)22)19-11-15-10-16(21-23-15)13-5-3-2-4-6-13/h2-10,12,19H,11H2,1H3. The van der Waals surface area contributed by atoms with E-state index < -0.39 is 0 Å². The van der Waals surface area contributed by atoms with Gasteiger partial charge in [-0.1, -0.05) is 35.5 Å². The zero-order valence-electron chi connectivity index (χ0n) is 12.7. The van der Waals surface area contributed by atoms with Gasteiger partial charge in [-0.05, 0) is 18.2 Å². The normalized spacial score (nSPS) is 11.0. The number of rotatable bonds is 4. The van der Waals surface area contributed by atoms with Gasteiger partial charge in [0.05, 0.1) is 23.9 Å². The molecule has 0 bridgehead atoms. The van der Waals surface area contributed by atoms with Crippen LogP contribution >= 0.6 is 0 Å². The Bertz CT molecular complexity index is 940. The molecule has 0 radical (unpaired) electrons. The van der Waals surface area contributed by atoms with E-state index in [0.29, 0.717) is 6.54 Å². The average Bonchev–Trinajstić information content (AvgIpc) is 3.21. The average molecular weight is 304 g/mol. The minimum atomic E-state index is 0.582. The molecule has 0 aliphatic carbocycles. The second kappa shape index (κ2) is 5.61. The Hall–Kier alpha value is -3.08. The summed E-state index contributed by atoms with van der Waals surface area (Å²) in [6.07, 6.45) is 1.82. The first-order valence-electron chi connectivity index (χ1n) is 7.45. The van der Waals surface area contributed by atoms with Gasteiger partial charge >= 0.3 is 0 Å². The first-order valence-corrected chi connectivity index (χ1v) is 7.45. The Balaban J connectivity index is 1.49. The second-order valence-electron chi connectivity index (χ2n) is 5.46. The molecule has 0 fully saturated rings. The van der Waals surface area contributed by atoms with Crippen LogP contribution in [0.1, 0.15) is 5.76 Å². The number of imidazole rings is 1. The number of hydrogen-bond acceptors (Lipinski definition) is 4. The van der Waals surface area contributed by atoms with Crippen molar-refractivity contribution in [3.05, 3.63) is 66.7 Å². The lowest BCUT2D eigenvalue weighted by Crippen LogP contribution is -1.98. The molecule has 0 aliphatic rings. The monoisotopic (exact) mass is 304 g/mol. The largest absolute Gasteiger partial charge is 0.378 e. The van der Waals surface area contributed by atoms with Crippen LogP contribution in [0.3, 0.4) is 0 Å². The quantitative estimate of drug-likeness (QED) is 0.622. The van der Waals surface area contributed by atoms with E-state index in [1.807, 2.05) is 66.5 Å². The van der Waals surface area contributed by atoms with E-state index in [0.717, 1.165) is 33.7 Å². The molecule has 23 heavy (non-hydrogen) atoms. The van der Waals surface area contributed by atoms with Gasteiger partial charge < -0.3 is 14.4 Å². The molecule has 0 unspecified atom stereocenters.